The number of anilines is 1. The van der Waals surface area contributed by atoms with Crippen LogP contribution in [0.25, 0.3) is 0 Å². The van der Waals surface area contributed by atoms with E-state index in [1.807, 2.05) is 0 Å². The monoisotopic (exact) mass is 514 g/mol. The molecule has 2 heterocycles. The van der Waals surface area contributed by atoms with Gasteiger partial charge in [0.05, 0.1) is 23.9 Å². The van der Waals surface area contributed by atoms with E-state index in [-0.39, 0.29) is 58.4 Å². The van der Waals surface area contributed by atoms with Crippen molar-refractivity contribution in [3.05, 3.63) is 11.8 Å². The Bertz CT molecular complexity index is 1010. The number of sulfone groups is 1. The number of carbonyl (C=O) groups is 3. The Morgan fingerprint density at radius 3 is 2.50 bits per heavy atom. The third-order valence-corrected chi connectivity index (χ3v) is 8.41. The van der Waals surface area contributed by atoms with Gasteiger partial charge in [-0.05, 0) is 26.2 Å². The maximum absolute atomic E-state index is 13.0. The molecule has 0 unspecified atom stereocenters. The van der Waals surface area contributed by atoms with E-state index < -0.39 is 28.4 Å². The average molecular weight is 515 g/mol. The molecule has 2 aliphatic rings. The van der Waals surface area contributed by atoms with E-state index in [4.69, 9.17) is 15.2 Å². The molecule has 1 saturated heterocycles. The molecule has 0 spiro atoms. The van der Waals surface area contributed by atoms with Gasteiger partial charge >= 0.3 is 11.9 Å². The first-order valence-electron chi connectivity index (χ1n) is 11.3. The highest BCUT2D eigenvalue weighted by Gasteiger charge is 2.38. The predicted molar refractivity (Wildman–Crippen MR) is 125 cm³/mol. The van der Waals surface area contributed by atoms with Crippen LogP contribution < -0.4 is 5.73 Å². The number of thioether (sulfide) groups is 1. The van der Waals surface area contributed by atoms with Crippen LogP contribution in [0, 0.1) is 0 Å². The molecule has 0 aromatic carbocycles. The highest BCUT2D eigenvalue weighted by atomic mass is 32.2. The van der Waals surface area contributed by atoms with Crippen LogP contribution >= 0.6 is 11.8 Å². The van der Waals surface area contributed by atoms with Crippen molar-refractivity contribution in [2.45, 2.75) is 62.7 Å². The second kappa shape index (κ2) is 11.8. The zero-order valence-electron chi connectivity index (χ0n) is 19.1. The second-order valence-corrected chi connectivity index (χ2v) is 11.4. The molecule has 34 heavy (non-hydrogen) atoms. The molecule has 2 fully saturated rings. The fourth-order valence-electron chi connectivity index (χ4n) is 4.26. The SMILES string of the molecule is CCOC(=O)c1cnc(SCC(=O)OCC(=O)N(C2CCCCC2)[C@@H]2CCS(=O)(=O)C2)nc1N. The fraction of sp³-hybridized carbons (Fsp3) is 0.667. The number of nitrogens with zero attached hydrogens (tertiary/aromatic N) is 3. The van der Waals surface area contributed by atoms with E-state index in [1.165, 1.54) is 6.20 Å². The number of aromatic nitrogens is 2. The van der Waals surface area contributed by atoms with Gasteiger partial charge in [0.1, 0.15) is 11.4 Å². The third kappa shape index (κ3) is 7.05. The number of nitrogens with two attached hydrogens (primary N) is 1. The minimum Gasteiger partial charge on any atom is -0.462 e. The molecule has 0 radical (unpaired) electrons. The summed E-state index contributed by atoms with van der Waals surface area (Å²) in [5.74, 6) is -1.83. The fourth-order valence-corrected chi connectivity index (χ4v) is 6.59. The quantitative estimate of drug-likeness (QED) is 0.287. The number of amides is 1. The van der Waals surface area contributed by atoms with Crippen LogP contribution in [0.3, 0.4) is 0 Å². The van der Waals surface area contributed by atoms with Gasteiger partial charge in [-0.3, -0.25) is 9.59 Å². The Morgan fingerprint density at radius 2 is 1.88 bits per heavy atom. The lowest BCUT2D eigenvalue weighted by Crippen LogP contribution is -2.50. The molecule has 11 nitrogen and oxygen atoms in total. The maximum Gasteiger partial charge on any atom is 0.343 e. The number of rotatable bonds is 9. The van der Waals surface area contributed by atoms with Crippen molar-refractivity contribution in [2.24, 2.45) is 0 Å². The highest BCUT2D eigenvalue weighted by molar-refractivity contribution is 7.99. The van der Waals surface area contributed by atoms with Gasteiger partial charge in [0.15, 0.2) is 21.6 Å². The molecular formula is C21H30N4O7S2. The van der Waals surface area contributed by atoms with Crippen molar-refractivity contribution in [2.75, 3.05) is 36.2 Å². The summed E-state index contributed by atoms with van der Waals surface area (Å²) in [6.07, 6.45) is 6.37. The van der Waals surface area contributed by atoms with Gasteiger partial charge in [-0.25, -0.2) is 23.2 Å². The first-order valence-corrected chi connectivity index (χ1v) is 14.1. The summed E-state index contributed by atoms with van der Waals surface area (Å²) in [6.45, 7) is 1.41. The Kier molecular flexibility index (Phi) is 9.11. The minimum absolute atomic E-state index is 0.0260. The molecule has 13 heteroatoms. The summed E-state index contributed by atoms with van der Waals surface area (Å²) in [5.41, 5.74) is 5.80. The van der Waals surface area contributed by atoms with Gasteiger partial charge in [0, 0.05) is 18.3 Å². The molecule has 1 amide bonds. The van der Waals surface area contributed by atoms with E-state index in [0.29, 0.717) is 6.42 Å². The molecule has 1 aliphatic heterocycles. The molecule has 1 aromatic rings. The largest absolute Gasteiger partial charge is 0.462 e. The molecule has 1 aromatic heterocycles. The van der Waals surface area contributed by atoms with E-state index in [2.05, 4.69) is 9.97 Å². The summed E-state index contributed by atoms with van der Waals surface area (Å²) in [7, 11) is -3.16. The molecule has 1 aliphatic carbocycles. The van der Waals surface area contributed by atoms with Crippen LogP contribution in [-0.4, -0.2) is 83.7 Å². The molecular weight excluding hydrogens is 484 g/mol. The lowest BCUT2D eigenvalue weighted by atomic mass is 9.93. The number of esters is 2. The van der Waals surface area contributed by atoms with Gasteiger partial charge in [-0.2, -0.15) is 0 Å². The van der Waals surface area contributed by atoms with E-state index >= 15 is 0 Å². The van der Waals surface area contributed by atoms with Crippen LogP contribution in [0.2, 0.25) is 0 Å². The van der Waals surface area contributed by atoms with Gasteiger partial charge in [0.25, 0.3) is 5.91 Å². The van der Waals surface area contributed by atoms with Gasteiger partial charge < -0.3 is 20.1 Å². The lowest BCUT2D eigenvalue weighted by molar-refractivity contribution is -0.152. The van der Waals surface area contributed by atoms with Crippen molar-refractivity contribution in [3.8, 4) is 0 Å². The Labute approximate surface area is 203 Å². The van der Waals surface area contributed by atoms with E-state index in [0.717, 1.165) is 43.9 Å². The number of nitrogen functional groups attached to an aromatic ring is 1. The van der Waals surface area contributed by atoms with Crippen molar-refractivity contribution in [1.82, 2.24) is 14.9 Å². The molecule has 3 rings (SSSR count). The van der Waals surface area contributed by atoms with Gasteiger partial charge in [-0.15, -0.1) is 0 Å². The van der Waals surface area contributed by atoms with Crippen LogP contribution in [-0.2, 0) is 28.9 Å². The third-order valence-electron chi connectivity index (χ3n) is 5.83. The number of carbonyl (C=O) groups excluding carboxylic acids is 3. The minimum atomic E-state index is -3.16. The number of hydrogen-bond donors (Lipinski definition) is 1. The summed E-state index contributed by atoms with van der Waals surface area (Å²) in [5, 5.41) is 0.175. The van der Waals surface area contributed by atoms with Crippen molar-refractivity contribution in [1.29, 1.82) is 0 Å². The smallest absolute Gasteiger partial charge is 0.343 e. The molecule has 1 saturated carbocycles. The first kappa shape index (κ1) is 26.2. The first-order chi connectivity index (χ1) is 16.2. The van der Waals surface area contributed by atoms with Crippen LogP contribution in [0.15, 0.2) is 11.4 Å². The maximum atomic E-state index is 13.0. The van der Waals surface area contributed by atoms with Crippen molar-refractivity contribution >= 4 is 45.3 Å². The lowest BCUT2D eigenvalue weighted by Gasteiger charge is -2.38. The Balaban J connectivity index is 1.53. The summed E-state index contributed by atoms with van der Waals surface area (Å²) in [6, 6.07) is -0.398. The average Bonchev–Trinajstić information content (AvgIpc) is 3.16. The zero-order chi connectivity index (χ0) is 24.7. The molecule has 1 atom stereocenters. The van der Waals surface area contributed by atoms with E-state index in [9.17, 15) is 22.8 Å². The second-order valence-electron chi connectivity index (χ2n) is 8.27. The zero-order valence-corrected chi connectivity index (χ0v) is 20.7. The normalized spacial score (nSPS) is 20.0. The number of ether oxygens (including phenoxy) is 2. The summed E-state index contributed by atoms with van der Waals surface area (Å²) >= 11 is 0.957. The van der Waals surface area contributed by atoms with Crippen LogP contribution in [0.4, 0.5) is 5.82 Å². The molecule has 0 bridgehead atoms. The van der Waals surface area contributed by atoms with Crippen LogP contribution in [0.5, 0.6) is 0 Å². The van der Waals surface area contributed by atoms with Crippen molar-refractivity contribution < 1.29 is 32.3 Å². The Hall–Kier alpha value is -2.41. The topological polar surface area (TPSA) is 159 Å². The standard InChI is InChI=1S/C21H30N4O7S2/c1-2-31-20(28)16-10-23-21(24-19(16)22)33-12-18(27)32-11-17(26)25(14-6-4-3-5-7-14)15-8-9-34(29,30)13-15/h10,14-15H,2-9,11-13H2,1H3,(H2,22,23,24)/t15-/m1/s1. The van der Waals surface area contributed by atoms with Gasteiger partial charge in [-0.1, -0.05) is 31.0 Å². The summed E-state index contributed by atoms with van der Waals surface area (Å²) in [4.78, 5) is 46.6. The predicted octanol–water partition coefficient (Wildman–Crippen LogP) is 1.22. The van der Waals surface area contributed by atoms with Crippen LogP contribution in [0.1, 0.15) is 55.8 Å². The van der Waals surface area contributed by atoms with E-state index in [1.54, 1.807) is 11.8 Å². The molecule has 188 valence electrons. The Morgan fingerprint density at radius 1 is 1.15 bits per heavy atom. The van der Waals surface area contributed by atoms with Gasteiger partial charge in [0.2, 0.25) is 0 Å². The highest BCUT2D eigenvalue weighted by Crippen LogP contribution is 2.28. The molecule has 2 N–H and O–H groups in total. The number of hydrogen-bond acceptors (Lipinski definition) is 11. The summed E-state index contributed by atoms with van der Waals surface area (Å²) < 4.78 is 34.0. The van der Waals surface area contributed by atoms with Crippen molar-refractivity contribution in [3.63, 3.8) is 0 Å².